The van der Waals surface area contributed by atoms with Gasteiger partial charge in [-0.2, -0.15) is 4.31 Å². The molecule has 110 valence electrons. The first kappa shape index (κ1) is 14.7. The highest BCUT2D eigenvalue weighted by molar-refractivity contribution is 7.89. The molecule has 0 bridgehead atoms. The van der Waals surface area contributed by atoms with Gasteiger partial charge < -0.3 is 10.7 Å². The first-order chi connectivity index (χ1) is 9.52. The van der Waals surface area contributed by atoms with Crippen molar-refractivity contribution in [3.05, 3.63) is 18.3 Å². The standard InChI is InChI=1S/C11H17N5O3S/c1-2-9-10(17)13-6-7-16(9)20(18,19)11-8(15-12)4-3-5-14-11/h3-5,9,15H,2,6-7,12H2,1H3,(H,13,17). The summed E-state index contributed by atoms with van der Waals surface area (Å²) in [4.78, 5) is 15.7. The molecule has 0 aromatic carbocycles. The molecule has 1 aromatic heterocycles. The summed E-state index contributed by atoms with van der Waals surface area (Å²) in [5, 5.41) is 2.49. The van der Waals surface area contributed by atoms with E-state index in [9.17, 15) is 13.2 Å². The maximum atomic E-state index is 12.7. The number of rotatable bonds is 4. The Kier molecular flexibility index (Phi) is 4.21. The summed E-state index contributed by atoms with van der Waals surface area (Å²) < 4.78 is 26.5. The maximum Gasteiger partial charge on any atom is 0.263 e. The monoisotopic (exact) mass is 299 g/mol. The minimum absolute atomic E-state index is 0.171. The SMILES string of the molecule is CCC1C(=O)NCCN1S(=O)(=O)c1ncccc1NN. The number of anilines is 1. The van der Waals surface area contributed by atoms with Crippen molar-refractivity contribution in [3.63, 3.8) is 0 Å². The summed E-state index contributed by atoms with van der Waals surface area (Å²) in [6, 6.07) is 2.38. The lowest BCUT2D eigenvalue weighted by Crippen LogP contribution is -2.56. The van der Waals surface area contributed by atoms with Crippen LogP contribution in [0.1, 0.15) is 13.3 Å². The topological polar surface area (TPSA) is 117 Å². The number of hydrazine groups is 1. The van der Waals surface area contributed by atoms with Gasteiger partial charge in [-0.1, -0.05) is 6.92 Å². The van der Waals surface area contributed by atoms with Gasteiger partial charge in [0.2, 0.25) is 5.91 Å². The molecule has 0 saturated carbocycles. The van der Waals surface area contributed by atoms with Crippen LogP contribution in [0.5, 0.6) is 0 Å². The lowest BCUT2D eigenvalue weighted by molar-refractivity contribution is -0.126. The van der Waals surface area contributed by atoms with Crippen molar-refractivity contribution in [1.29, 1.82) is 0 Å². The number of sulfonamides is 1. The largest absolute Gasteiger partial charge is 0.353 e. The number of nitrogens with two attached hydrogens (primary N) is 1. The van der Waals surface area contributed by atoms with Crippen LogP contribution in [0.3, 0.4) is 0 Å². The number of carbonyl (C=O) groups is 1. The maximum absolute atomic E-state index is 12.7. The Balaban J connectivity index is 2.46. The Morgan fingerprint density at radius 3 is 3.00 bits per heavy atom. The van der Waals surface area contributed by atoms with E-state index in [1.54, 1.807) is 13.0 Å². The Labute approximate surface area is 117 Å². The van der Waals surface area contributed by atoms with Crippen LogP contribution >= 0.6 is 0 Å². The fraction of sp³-hybridized carbons (Fsp3) is 0.455. The van der Waals surface area contributed by atoms with E-state index in [0.29, 0.717) is 6.42 Å². The van der Waals surface area contributed by atoms with Crippen molar-refractivity contribution in [1.82, 2.24) is 14.6 Å². The summed E-state index contributed by atoms with van der Waals surface area (Å²) >= 11 is 0. The van der Waals surface area contributed by atoms with Crippen molar-refractivity contribution < 1.29 is 13.2 Å². The molecular weight excluding hydrogens is 282 g/mol. The number of hydrogen-bond donors (Lipinski definition) is 3. The zero-order valence-electron chi connectivity index (χ0n) is 11.0. The molecule has 1 saturated heterocycles. The van der Waals surface area contributed by atoms with E-state index in [0.717, 1.165) is 0 Å². The van der Waals surface area contributed by atoms with Gasteiger partial charge in [0.1, 0.15) is 6.04 Å². The highest BCUT2D eigenvalue weighted by Crippen LogP contribution is 2.24. The zero-order chi connectivity index (χ0) is 14.8. The molecule has 8 nitrogen and oxygen atoms in total. The normalized spacial score (nSPS) is 20.5. The van der Waals surface area contributed by atoms with Crippen LogP contribution in [0.25, 0.3) is 0 Å². The zero-order valence-corrected chi connectivity index (χ0v) is 11.9. The third-order valence-corrected chi connectivity index (χ3v) is 5.02. The van der Waals surface area contributed by atoms with Gasteiger partial charge in [0.05, 0.1) is 5.69 Å². The molecular formula is C11H17N5O3S. The van der Waals surface area contributed by atoms with E-state index in [4.69, 9.17) is 5.84 Å². The van der Waals surface area contributed by atoms with Gasteiger partial charge in [-0.3, -0.25) is 10.6 Å². The summed E-state index contributed by atoms with van der Waals surface area (Å²) in [6.45, 7) is 2.26. The number of nitrogens with one attached hydrogen (secondary N) is 2. The molecule has 4 N–H and O–H groups in total. The minimum atomic E-state index is -3.88. The van der Waals surface area contributed by atoms with E-state index in [1.165, 1.54) is 16.6 Å². The third kappa shape index (κ3) is 2.47. The number of carbonyl (C=O) groups excluding carboxylic acids is 1. The predicted octanol–water partition coefficient (Wildman–Crippen LogP) is -0.734. The van der Waals surface area contributed by atoms with Crippen molar-refractivity contribution in [3.8, 4) is 0 Å². The molecule has 20 heavy (non-hydrogen) atoms. The van der Waals surface area contributed by atoms with Gasteiger partial charge in [0.15, 0.2) is 5.03 Å². The lowest BCUT2D eigenvalue weighted by atomic mass is 10.2. The summed E-state index contributed by atoms with van der Waals surface area (Å²) in [7, 11) is -3.88. The predicted molar refractivity (Wildman–Crippen MR) is 73.0 cm³/mol. The van der Waals surface area contributed by atoms with Crippen LogP contribution in [0, 0.1) is 0 Å². The molecule has 2 heterocycles. The molecule has 1 unspecified atom stereocenters. The minimum Gasteiger partial charge on any atom is -0.353 e. The van der Waals surface area contributed by atoms with E-state index in [2.05, 4.69) is 15.7 Å². The van der Waals surface area contributed by atoms with Crippen molar-refractivity contribution in [2.45, 2.75) is 24.4 Å². The molecule has 1 aliphatic heterocycles. The second-order valence-corrected chi connectivity index (χ2v) is 6.14. The fourth-order valence-electron chi connectivity index (χ4n) is 2.19. The molecule has 0 spiro atoms. The first-order valence-corrected chi connectivity index (χ1v) is 7.67. The molecule has 1 fully saturated rings. The van der Waals surface area contributed by atoms with E-state index in [1.807, 2.05) is 0 Å². The first-order valence-electron chi connectivity index (χ1n) is 6.23. The number of hydrogen-bond acceptors (Lipinski definition) is 6. The second-order valence-electron chi connectivity index (χ2n) is 4.33. The number of nitrogens with zero attached hydrogens (tertiary/aromatic N) is 2. The highest BCUT2D eigenvalue weighted by Gasteiger charge is 2.38. The average Bonchev–Trinajstić information content (AvgIpc) is 2.46. The van der Waals surface area contributed by atoms with Crippen LogP contribution in [0.4, 0.5) is 5.69 Å². The molecule has 1 aromatic rings. The smallest absolute Gasteiger partial charge is 0.263 e. The molecule has 0 aliphatic carbocycles. The van der Waals surface area contributed by atoms with Crippen molar-refractivity contribution in [2.75, 3.05) is 18.5 Å². The van der Waals surface area contributed by atoms with E-state index < -0.39 is 16.1 Å². The van der Waals surface area contributed by atoms with Crippen molar-refractivity contribution >= 4 is 21.6 Å². The molecule has 9 heteroatoms. The summed E-state index contributed by atoms with van der Waals surface area (Å²) in [5.41, 5.74) is 2.52. The number of nitrogen functional groups attached to an aromatic ring is 1. The van der Waals surface area contributed by atoms with Crippen LogP contribution in [-0.2, 0) is 14.8 Å². The van der Waals surface area contributed by atoms with Gasteiger partial charge in [0.25, 0.3) is 10.0 Å². The third-order valence-electron chi connectivity index (χ3n) is 3.15. The summed E-state index contributed by atoms with van der Waals surface area (Å²) in [5.74, 6) is 5.03. The number of amides is 1. The van der Waals surface area contributed by atoms with Crippen LogP contribution < -0.4 is 16.6 Å². The Hall–Kier alpha value is -1.71. The summed E-state index contributed by atoms with van der Waals surface area (Å²) in [6.07, 6.45) is 1.77. The van der Waals surface area contributed by atoms with E-state index in [-0.39, 0.29) is 29.7 Å². The van der Waals surface area contributed by atoms with Gasteiger partial charge in [-0.15, -0.1) is 0 Å². The van der Waals surface area contributed by atoms with Gasteiger partial charge >= 0.3 is 0 Å². The number of piperazine rings is 1. The Morgan fingerprint density at radius 2 is 2.35 bits per heavy atom. The molecule has 1 aliphatic rings. The molecule has 1 amide bonds. The Bertz CT molecular complexity index is 604. The number of pyridine rings is 1. The quantitative estimate of drug-likeness (QED) is 0.498. The average molecular weight is 299 g/mol. The van der Waals surface area contributed by atoms with Crippen LogP contribution in [-0.4, -0.2) is 42.7 Å². The second kappa shape index (κ2) is 5.73. The molecule has 1 atom stereocenters. The number of aromatic nitrogens is 1. The van der Waals surface area contributed by atoms with Crippen molar-refractivity contribution in [2.24, 2.45) is 5.84 Å². The molecule has 2 rings (SSSR count). The van der Waals surface area contributed by atoms with Crippen LogP contribution in [0.2, 0.25) is 0 Å². The lowest BCUT2D eigenvalue weighted by Gasteiger charge is -2.33. The van der Waals surface area contributed by atoms with E-state index >= 15 is 0 Å². The van der Waals surface area contributed by atoms with Gasteiger partial charge in [-0.25, -0.2) is 13.4 Å². The van der Waals surface area contributed by atoms with Crippen LogP contribution in [0.15, 0.2) is 23.4 Å². The van der Waals surface area contributed by atoms with Gasteiger partial charge in [-0.05, 0) is 18.6 Å². The van der Waals surface area contributed by atoms with Gasteiger partial charge in [0, 0.05) is 19.3 Å². The fourth-order valence-corrected chi connectivity index (χ4v) is 3.92. The molecule has 0 radical (unpaired) electrons. The Morgan fingerprint density at radius 1 is 1.60 bits per heavy atom. The highest BCUT2D eigenvalue weighted by atomic mass is 32.2.